The van der Waals surface area contributed by atoms with Gasteiger partial charge in [-0.3, -0.25) is 0 Å². The number of ether oxygens (including phenoxy) is 1. The lowest BCUT2D eigenvalue weighted by Gasteiger charge is -2.21. The second-order valence-corrected chi connectivity index (χ2v) is 7.34. The molecule has 0 bridgehead atoms. The minimum atomic E-state index is -0.355. The molecule has 0 amide bonds. The molecule has 1 aliphatic heterocycles. The number of carbonyl (C=O) groups is 1. The second-order valence-electron chi connectivity index (χ2n) is 5.41. The van der Waals surface area contributed by atoms with Gasteiger partial charge in [-0.1, -0.05) is 36.4 Å². The number of nitrogens with one attached hydrogen (secondary N) is 1. The highest BCUT2D eigenvalue weighted by Gasteiger charge is 2.39. The largest absolute Gasteiger partial charge is 0.465 e. The van der Waals surface area contributed by atoms with Gasteiger partial charge in [0.15, 0.2) is 14.7 Å². The number of hydrogen-bond donors (Lipinski definition) is 1. The number of hydrogen-bond acceptors (Lipinski definition) is 3. The first-order chi connectivity index (χ1) is 11.8. The molecule has 1 aliphatic rings. The first-order valence-electron chi connectivity index (χ1n) is 7.66. The van der Waals surface area contributed by atoms with Crippen LogP contribution < -0.4 is 5.32 Å². The third-order valence-electron chi connectivity index (χ3n) is 4.00. The summed E-state index contributed by atoms with van der Waals surface area (Å²) in [4.78, 5) is 15.6. The maximum Gasteiger partial charge on any atom is 0.343 e. The summed E-state index contributed by atoms with van der Waals surface area (Å²) >= 11 is 0. The van der Waals surface area contributed by atoms with Gasteiger partial charge in [0.25, 0.3) is 0 Å². The van der Waals surface area contributed by atoms with Crippen molar-refractivity contribution in [2.45, 2.75) is 14.7 Å². The van der Waals surface area contributed by atoms with Crippen molar-refractivity contribution in [2.24, 2.45) is 0 Å². The number of rotatable bonds is 2. The van der Waals surface area contributed by atoms with Crippen molar-refractivity contribution in [3.8, 4) is 0 Å². The molecule has 0 aliphatic carbocycles. The van der Waals surface area contributed by atoms with E-state index < -0.39 is 0 Å². The van der Waals surface area contributed by atoms with Gasteiger partial charge in [0.1, 0.15) is 16.5 Å². The zero-order valence-electron chi connectivity index (χ0n) is 13.2. The molecule has 1 heterocycles. The molecule has 0 unspecified atom stereocenters. The van der Waals surface area contributed by atoms with Crippen LogP contribution in [-0.4, -0.2) is 13.1 Å². The van der Waals surface area contributed by atoms with Crippen LogP contribution in [0, 0.1) is 0 Å². The fourth-order valence-electron chi connectivity index (χ4n) is 2.92. The van der Waals surface area contributed by atoms with E-state index in [-0.39, 0.29) is 16.9 Å². The molecule has 0 saturated heterocycles. The molecule has 1 N–H and O–H groups in total. The van der Waals surface area contributed by atoms with Gasteiger partial charge in [-0.05, 0) is 36.4 Å². The Bertz CT molecular complexity index is 877. The molecular formula is C20H16NO2S+. The summed E-state index contributed by atoms with van der Waals surface area (Å²) in [5.74, 6) is -0.299. The summed E-state index contributed by atoms with van der Waals surface area (Å²) in [5, 5.41) is 3.49. The summed E-state index contributed by atoms with van der Waals surface area (Å²) in [7, 11) is 1.07. The zero-order chi connectivity index (χ0) is 16.5. The average molecular weight is 334 g/mol. The molecule has 0 saturated carbocycles. The van der Waals surface area contributed by atoms with Gasteiger partial charge in [0, 0.05) is 0 Å². The molecule has 118 valence electrons. The number of esters is 1. The third kappa shape index (κ3) is 2.36. The second kappa shape index (κ2) is 6.06. The van der Waals surface area contributed by atoms with Gasteiger partial charge in [-0.2, -0.15) is 0 Å². The van der Waals surface area contributed by atoms with Gasteiger partial charge < -0.3 is 10.1 Å². The Kier molecular flexibility index (Phi) is 3.75. The third-order valence-corrected chi connectivity index (χ3v) is 6.38. The predicted molar refractivity (Wildman–Crippen MR) is 96.1 cm³/mol. The number of methoxy groups -OCH3 is 1. The Labute approximate surface area is 143 Å². The van der Waals surface area contributed by atoms with Crippen molar-refractivity contribution in [1.29, 1.82) is 0 Å². The first kappa shape index (κ1) is 14.8. The van der Waals surface area contributed by atoms with Crippen molar-refractivity contribution in [3.05, 3.63) is 78.4 Å². The smallest absolute Gasteiger partial charge is 0.343 e. The fraction of sp³-hybridized carbons (Fsp3) is 0.0500. The number of para-hydroxylation sites is 2. The highest BCUT2D eigenvalue weighted by Crippen LogP contribution is 2.45. The minimum absolute atomic E-state index is 0.299. The van der Waals surface area contributed by atoms with E-state index in [1.807, 2.05) is 48.5 Å². The van der Waals surface area contributed by atoms with Gasteiger partial charge in [0.05, 0.1) is 18.5 Å². The molecular weight excluding hydrogens is 318 g/mol. The maximum absolute atomic E-state index is 12.3. The summed E-state index contributed by atoms with van der Waals surface area (Å²) in [6.07, 6.45) is 0. The number of carbonyl (C=O) groups excluding carboxylic acids is 1. The molecule has 24 heavy (non-hydrogen) atoms. The molecule has 3 nitrogen and oxygen atoms in total. The number of benzene rings is 3. The molecule has 4 rings (SSSR count). The Morgan fingerprint density at radius 2 is 1.29 bits per heavy atom. The van der Waals surface area contributed by atoms with E-state index in [1.165, 1.54) is 16.9 Å². The SMILES string of the molecule is COC(=O)c1ccccc1[S+]1c2ccccc2Nc2ccccc21. The van der Waals surface area contributed by atoms with Gasteiger partial charge in [-0.15, -0.1) is 0 Å². The van der Waals surface area contributed by atoms with E-state index in [4.69, 9.17) is 4.74 Å². The van der Waals surface area contributed by atoms with Crippen LogP contribution in [0.3, 0.4) is 0 Å². The van der Waals surface area contributed by atoms with E-state index in [1.54, 1.807) is 0 Å². The van der Waals surface area contributed by atoms with E-state index in [0.29, 0.717) is 5.56 Å². The Morgan fingerprint density at radius 3 is 1.88 bits per heavy atom. The Morgan fingerprint density at radius 1 is 0.792 bits per heavy atom. The number of anilines is 2. The highest BCUT2D eigenvalue weighted by atomic mass is 32.2. The summed E-state index contributed by atoms with van der Waals surface area (Å²) < 4.78 is 4.99. The van der Waals surface area contributed by atoms with Crippen LogP contribution in [0.5, 0.6) is 0 Å². The molecule has 0 atom stereocenters. The summed E-state index contributed by atoms with van der Waals surface area (Å²) in [6, 6.07) is 24.2. The van der Waals surface area contributed by atoms with Crippen LogP contribution in [0.2, 0.25) is 0 Å². The standard InChI is InChI=1S/C20H16NO2S/c1-23-20(22)14-8-2-5-11-17(14)24-18-12-6-3-9-15(18)21-16-10-4-7-13-19(16)24/h2-13,21H,1H3/q+1. The summed E-state index contributed by atoms with van der Waals surface area (Å²) in [6.45, 7) is 0. The predicted octanol–water partition coefficient (Wildman–Crippen LogP) is 4.63. The van der Waals surface area contributed by atoms with Crippen molar-refractivity contribution in [3.63, 3.8) is 0 Å². The van der Waals surface area contributed by atoms with E-state index in [2.05, 4.69) is 29.6 Å². The monoisotopic (exact) mass is 334 g/mol. The zero-order valence-corrected chi connectivity index (χ0v) is 14.0. The van der Waals surface area contributed by atoms with Crippen LogP contribution >= 0.6 is 0 Å². The fourth-order valence-corrected chi connectivity index (χ4v) is 5.32. The van der Waals surface area contributed by atoms with Crippen molar-refractivity contribution >= 4 is 28.2 Å². The van der Waals surface area contributed by atoms with Gasteiger partial charge >= 0.3 is 5.97 Å². The normalized spacial score (nSPS) is 12.7. The van der Waals surface area contributed by atoms with Crippen molar-refractivity contribution in [1.82, 2.24) is 0 Å². The molecule has 0 spiro atoms. The molecule has 3 aromatic carbocycles. The first-order valence-corrected chi connectivity index (χ1v) is 8.89. The highest BCUT2D eigenvalue weighted by molar-refractivity contribution is 7.97. The number of fused-ring (bicyclic) bond motifs is 2. The molecule has 4 heteroatoms. The van der Waals surface area contributed by atoms with Crippen molar-refractivity contribution < 1.29 is 9.53 Å². The molecule has 3 aromatic rings. The molecule has 0 aromatic heterocycles. The van der Waals surface area contributed by atoms with Crippen LogP contribution in [0.1, 0.15) is 10.4 Å². The lowest BCUT2D eigenvalue weighted by molar-refractivity contribution is 0.0596. The Balaban J connectivity index is 1.98. The summed E-state index contributed by atoms with van der Waals surface area (Å²) in [5.41, 5.74) is 2.79. The topological polar surface area (TPSA) is 38.3 Å². The van der Waals surface area contributed by atoms with Crippen LogP contribution in [0.25, 0.3) is 0 Å². The van der Waals surface area contributed by atoms with Crippen LogP contribution in [0.15, 0.2) is 87.5 Å². The molecule has 0 fully saturated rings. The average Bonchev–Trinajstić information content (AvgIpc) is 2.65. The van der Waals surface area contributed by atoms with E-state index in [9.17, 15) is 4.79 Å². The van der Waals surface area contributed by atoms with Gasteiger partial charge in [-0.25, -0.2) is 4.79 Å². The van der Waals surface area contributed by atoms with E-state index in [0.717, 1.165) is 16.3 Å². The molecule has 0 radical (unpaired) electrons. The van der Waals surface area contributed by atoms with Crippen molar-refractivity contribution in [2.75, 3.05) is 12.4 Å². The van der Waals surface area contributed by atoms with Crippen LogP contribution in [-0.2, 0) is 15.6 Å². The Hall–Kier alpha value is -2.72. The minimum Gasteiger partial charge on any atom is -0.465 e. The van der Waals surface area contributed by atoms with Crippen LogP contribution in [0.4, 0.5) is 11.4 Å². The lowest BCUT2D eigenvalue weighted by atomic mass is 10.2. The quantitative estimate of drug-likeness (QED) is 0.429. The van der Waals surface area contributed by atoms with E-state index >= 15 is 0 Å². The van der Waals surface area contributed by atoms with Gasteiger partial charge in [0.2, 0.25) is 0 Å². The maximum atomic E-state index is 12.3. The lowest BCUT2D eigenvalue weighted by Crippen LogP contribution is -2.17.